The summed E-state index contributed by atoms with van der Waals surface area (Å²) in [6, 6.07) is 16.0. The maximum atomic E-state index is 12.5. The number of methoxy groups -OCH3 is 1. The first-order valence-corrected chi connectivity index (χ1v) is 9.85. The second-order valence-electron chi connectivity index (χ2n) is 6.53. The molecule has 1 unspecified atom stereocenters. The first-order valence-electron chi connectivity index (χ1n) is 8.80. The molecule has 0 aliphatic carbocycles. The highest BCUT2D eigenvalue weighted by atomic mass is 32.2. The Morgan fingerprint density at radius 2 is 1.89 bits per heavy atom. The van der Waals surface area contributed by atoms with Gasteiger partial charge in [-0.3, -0.25) is 4.79 Å². The van der Waals surface area contributed by atoms with Gasteiger partial charge in [-0.1, -0.05) is 36.4 Å². The normalized spacial score (nSPS) is 16.4. The Balaban J connectivity index is 1.94. The van der Waals surface area contributed by atoms with Crippen molar-refractivity contribution in [1.82, 2.24) is 9.78 Å². The number of para-hydroxylation sites is 2. The summed E-state index contributed by atoms with van der Waals surface area (Å²) in [4.78, 5) is 12.5. The standard InChI is InChI=1S/C21H21N3O2S/c1-13-8-4-6-10-16(13)24-21-19(14(2)23-24)20(27-12-18(25)22-21)15-9-5-7-11-17(15)26-3/h4-11,20H,12H2,1-3H3,(H,22,25). The van der Waals surface area contributed by atoms with E-state index in [9.17, 15) is 4.79 Å². The van der Waals surface area contributed by atoms with Gasteiger partial charge in [0.1, 0.15) is 11.6 Å². The predicted molar refractivity (Wildman–Crippen MR) is 109 cm³/mol. The van der Waals surface area contributed by atoms with Gasteiger partial charge in [-0.25, -0.2) is 4.68 Å². The number of amides is 1. The minimum atomic E-state index is -0.0344. The van der Waals surface area contributed by atoms with Gasteiger partial charge in [-0.15, -0.1) is 11.8 Å². The molecule has 0 saturated carbocycles. The minimum absolute atomic E-state index is 0.0200. The van der Waals surface area contributed by atoms with Crippen molar-refractivity contribution in [1.29, 1.82) is 0 Å². The highest BCUT2D eigenvalue weighted by Gasteiger charge is 2.32. The number of aromatic nitrogens is 2. The number of fused-ring (bicyclic) bond motifs is 1. The second kappa shape index (κ2) is 7.12. The van der Waals surface area contributed by atoms with Gasteiger partial charge >= 0.3 is 0 Å². The number of carbonyl (C=O) groups is 1. The number of anilines is 1. The van der Waals surface area contributed by atoms with Crippen molar-refractivity contribution in [3.05, 3.63) is 70.9 Å². The zero-order valence-corrected chi connectivity index (χ0v) is 16.3. The fourth-order valence-corrected chi connectivity index (χ4v) is 4.70. The molecule has 1 aliphatic heterocycles. The number of hydrogen-bond donors (Lipinski definition) is 1. The van der Waals surface area contributed by atoms with Crippen LogP contribution in [0.1, 0.15) is 27.6 Å². The van der Waals surface area contributed by atoms with E-state index in [1.165, 1.54) is 0 Å². The van der Waals surface area contributed by atoms with Crippen molar-refractivity contribution in [3.8, 4) is 11.4 Å². The van der Waals surface area contributed by atoms with Gasteiger partial charge in [-0.2, -0.15) is 5.10 Å². The topological polar surface area (TPSA) is 56.1 Å². The summed E-state index contributed by atoms with van der Waals surface area (Å²) >= 11 is 1.60. The molecule has 0 radical (unpaired) electrons. The average Bonchev–Trinajstić information content (AvgIpc) is 2.88. The molecule has 4 rings (SSSR count). The largest absolute Gasteiger partial charge is 0.496 e. The number of aryl methyl sites for hydroxylation is 2. The van der Waals surface area contributed by atoms with E-state index in [1.807, 2.05) is 61.0 Å². The van der Waals surface area contributed by atoms with E-state index in [0.717, 1.165) is 39.6 Å². The number of carbonyl (C=O) groups excluding carboxylic acids is 1. The number of nitrogens with one attached hydrogen (secondary N) is 1. The van der Waals surface area contributed by atoms with Gasteiger partial charge in [0.15, 0.2) is 0 Å². The Kier molecular flexibility index (Phi) is 4.66. The highest BCUT2D eigenvalue weighted by molar-refractivity contribution is 8.00. The molecule has 1 aliphatic rings. The van der Waals surface area contributed by atoms with E-state index in [-0.39, 0.29) is 11.2 Å². The molecule has 1 aromatic heterocycles. The number of rotatable bonds is 3. The van der Waals surface area contributed by atoms with E-state index in [4.69, 9.17) is 9.84 Å². The van der Waals surface area contributed by atoms with E-state index in [0.29, 0.717) is 5.75 Å². The Bertz CT molecular complexity index is 1010. The lowest BCUT2D eigenvalue weighted by atomic mass is 10.0. The number of thioether (sulfide) groups is 1. The van der Waals surface area contributed by atoms with Crippen LogP contribution in [0.4, 0.5) is 5.82 Å². The maximum Gasteiger partial charge on any atom is 0.235 e. The van der Waals surface area contributed by atoms with Crippen LogP contribution in [0, 0.1) is 13.8 Å². The molecule has 6 heteroatoms. The SMILES string of the molecule is COc1ccccc1C1SCC(=O)Nc2c1c(C)nn2-c1ccccc1C. The van der Waals surface area contributed by atoms with Crippen molar-refractivity contribution in [2.75, 3.05) is 18.2 Å². The number of hydrogen-bond acceptors (Lipinski definition) is 4. The summed E-state index contributed by atoms with van der Waals surface area (Å²) in [6.07, 6.45) is 0. The molecule has 0 fully saturated rings. The molecular weight excluding hydrogens is 358 g/mol. The third kappa shape index (κ3) is 3.10. The van der Waals surface area contributed by atoms with Gasteiger partial charge < -0.3 is 10.1 Å². The van der Waals surface area contributed by atoms with Crippen LogP contribution in [-0.2, 0) is 4.79 Å². The van der Waals surface area contributed by atoms with Gasteiger partial charge in [0, 0.05) is 11.1 Å². The molecule has 2 aromatic carbocycles. The fourth-order valence-electron chi connectivity index (χ4n) is 3.49. The van der Waals surface area contributed by atoms with Crippen LogP contribution in [0.15, 0.2) is 48.5 Å². The second-order valence-corrected chi connectivity index (χ2v) is 7.62. The lowest BCUT2D eigenvalue weighted by Gasteiger charge is -2.18. The minimum Gasteiger partial charge on any atom is -0.496 e. The molecule has 5 nitrogen and oxygen atoms in total. The van der Waals surface area contributed by atoms with Crippen LogP contribution in [0.3, 0.4) is 0 Å². The smallest absolute Gasteiger partial charge is 0.235 e. The molecule has 1 N–H and O–H groups in total. The van der Waals surface area contributed by atoms with E-state index < -0.39 is 0 Å². The van der Waals surface area contributed by atoms with Crippen molar-refractivity contribution in [2.24, 2.45) is 0 Å². The Hall–Kier alpha value is -2.73. The molecule has 27 heavy (non-hydrogen) atoms. The van der Waals surface area contributed by atoms with Crippen LogP contribution in [0.2, 0.25) is 0 Å². The Morgan fingerprint density at radius 1 is 1.15 bits per heavy atom. The highest BCUT2D eigenvalue weighted by Crippen LogP contribution is 2.46. The van der Waals surface area contributed by atoms with Crippen molar-refractivity contribution >= 4 is 23.5 Å². The summed E-state index contributed by atoms with van der Waals surface area (Å²) in [7, 11) is 1.67. The lowest BCUT2D eigenvalue weighted by molar-refractivity contribution is -0.113. The molecule has 0 saturated heterocycles. The quantitative estimate of drug-likeness (QED) is 0.738. The van der Waals surface area contributed by atoms with E-state index >= 15 is 0 Å². The summed E-state index contributed by atoms with van der Waals surface area (Å²) in [6.45, 7) is 4.04. The van der Waals surface area contributed by atoms with E-state index in [2.05, 4.69) is 11.4 Å². The average molecular weight is 379 g/mol. The van der Waals surface area contributed by atoms with Crippen molar-refractivity contribution < 1.29 is 9.53 Å². The first kappa shape index (κ1) is 17.7. The third-order valence-electron chi connectivity index (χ3n) is 4.77. The zero-order chi connectivity index (χ0) is 19.0. The molecule has 3 aromatic rings. The Morgan fingerprint density at radius 3 is 2.67 bits per heavy atom. The number of ether oxygens (including phenoxy) is 1. The van der Waals surface area contributed by atoms with Gasteiger partial charge in [0.2, 0.25) is 5.91 Å². The summed E-state index contributed by atoms with van der Waals surface area (Å²) < 4.78 is 7.44. The van der Waals surface area contributed by atoms with Gasteiger partial charge in [0.25, 0.3) is 0 Å². The van der Waals surface area contributed by atoms with Crippen molar-refractivity contribution in [2.45, 2.75) is 19.1 Å². The zero-order valence-electron chi connectivity index (χ0n) is 15.5. The van der Waals surface area contributed by atoms with Gasteiger partial charge in [0.05, 0.1) is 29.5 Å². The number of nitrogens with zero attached hydrogens (tertiary/aromatic N) is 2. The van der Waals surface area contributed by atoms with Crippen LogP contribution in [0.25, 0.3) is 5.69 Å². The lowest BCUT2D eigenvalue weighted by Crippen LogP contribution is -2.16. The monoisotopic (exact) mass is 379 g/mol. The molecule has 0 bridgehead atoms. The maximum absolute atomic E-state index is 12.5. The Labute approximate surface area is 162 Å². The van der Waals surface area contributed by atoms with E-state index in [1.54, 1.807) is 18.9 Å². The predicted octanol–water partition coefficient (Wildman–Crippen LogP) is 4.27. The first-order chi connectivity index (χ1) is 13.1. The molecular formula is C21H21N3O2S. The molecule has 138 valence electrons. The molecule has 0 spiro atoms. The number of benzene rings is 2. The summed E-state index contributed by atoms with van der Waals surface area (Å²) in [5.41, 5.74) is 5.04. The van der Waals surface area contributed by atoms with Crippen LogP contribution >= 0.6 is 11.8 Å². The summed E-state index contributed by atoms with van der Waals surface area (Å²) in [5, 5.41) is 7.82. The molecule has 1 atom stereocenters. The molecule has 1 amide bonds. The third-order valence-corrected chi connectivity index (χ3v) is 6.02. The molecule has 2 heterocycles. The van der Waals surface area contributed by atoms with Crippen LogP contribution in [-0.4, -0.2) is 28.6 Å². The van der Waals surface area contributed by atoms with Crippen LogP contribution < -0.4 is 10.1 Å². The van der Waals surface area contributed by atoms with Gasteiger partial charge in [-0.05, 0) is 31.5 Å². The van der Waals surface area contributed by atoms with Crippen molar-refractivity contribution in [3.63, 3.8) is 0 Å². The fraction of sp³-hybridized carbons (Fsp3) is 0.238. The summed E-state index contributed by atoms with van der Waals surface area (Å²) in [5.74, 6) is 1.92. The van der Waals surface area contributed by atoms with Crippen LogP contribution in [0.5, 0.6) is 5.75 Å².